The molecule has 0 aromatic rings. The van der Waals surface area contributed by atoms with Crippen LogP contribution in [0.5, 0.6) is 0 Å². The van der Waals surface area contributed by atoms with Gasteiger partial charge in [0, 0.05) is 23.4 Å². The predicted octanol–water partition coefficient (Wildman–Crippen LogP) is 3.80. The fourth-order valence-corrected chi connectivity index (χ4v) is 11.5. The Morgan fingerprint density at radius 2 is 1.72 bits per heavy atom. The molecular formula is C30H48O6. The molecule has 5 aliphatic carbocycles. The highest BCUT2D eigenvalue weighted by Gasteiger charge is 2.71. The maximum atomic E-state index is 11.0. The molecule has 4 N–H and O–H groups in total. The van der Waals surface area contributed by atoms with E-state index in [-0.39, 0.29) is 58.6 Å². The molecule has 0 radical (unpaired) electrons. The number of allylic oxidation sites excluding steroid dienone is 2. The van der Waals surface area contributed by atoms with Crippen molar-refractivity contribution < 1.29 is 29.9 Å². The van der Waals surface area contributed by atoms with E-state index >= 15 is 0 Å². The van der Waals surface area contributed by atoms with Crippen molar-refractivity contribution in [1.82, 2.24) is 0 Å². The Morgan fingerprint density at radius 3 is 2.39 bits per heavy atom. The summed E-state index contributed by atoms with van der Waals surface area (Å²) in [4.78, 5) is 0. The molecule has 1 heterocycles. The number of hydrogen-bond acceptors (Lipinski definition) is 6. The van der Waals surface area contributed by atoms with Gasteiger partial charge in [-0.1, -0.05) is 39.3 Å². The van der Waals surface area contributed by atoms with Crippen molar-refractivity contribution in [3.8, 4) is 0 Å². The molecule has 204 valence electrons. The number of methoxy groups -OCH3 is 1. The first-order valence-corrected chi connectivity index (χ1v) is 14.3. The van der Waals surface area contributed by atoms with Gasteiger partial charge < -0.3 is 29.9 Å². The number of aliphatic hydroxyl groups excluding tert-OH is 4. The summed E-state index contributed by atoms with van der Waals surface area (Å²) in [6.07, 6.45) is 9.49. The molecule has 4 saturated carbocycles. The van der Waals surface area contributed by atoms with Gasteiger partial charge in [-0.3, -0.25) is 0 Å². The molecule has 0 aromatic carbocycles. The third kappa shape index (κ3) is 2.85. The van der Waals surface area contributed by atoms with Crippen LogP contribution < -0.4 is 0 Å². The van der Waals surface area contributed by atoms with Gasteiger partial charge in [0.1, 0.15) is 0 Å². The lowest BCUT2D eigenvalue weighted by Gasteiger charge is -2.71. The van der Waals surface area contributed by atoms with Gasteiger partial charge in [0.2, 0.25) is 0 Å². The number of hydrogen-bond donors (Lipinski definition) is 4. The van der Waals surface area contributed by atoms with Crippen molar-refractivity contribution >= 4 is 0 Å². The second kappa shape index (κ2) is 7.79. The normalized spacial score (nSPS) is 57.2. The topological polar surface area (TPSA) is 99.4 Å². The first-order valence-electron chi connectivity index (χ1n) is 14.3. The minimum atomic E-state index is -1.10. The van der Waals surface area contributed by atoms with Gasteiger partial charge in [-0.05, 0) is 85.9 Å². The van der Waals surface area contributed by atoms with Gasteiger partial charge in [-0.25, -0.2) is 0 Å². The molecule has 5 fully saturated rings. The van der Waals surface area contributed by atoms with Crippen LogP contribution in [0.1, 0.15) is 85.5 Å². The summed E-state index contributed by atoms with van der Waals surface area (Å²) in [6, 6.07) is 0. The zero-order chi connectivity index (χ0) is 25.9. The smallest absolute Gasteiger partial charge is 0.162 e. The fourth-order valence-electron chi connectivity index (χ4n) is 11.5. The zero-order valence-electron chi connectivity index (χ0n) is 22.9. The van der Waals surface area contributed by atoms with Crippen LogP contribution in [0.2, 0.25) is 0 Å². The maximum absolute atomic E-state index is 11.0. The van der Waals surface area contributed by atoms with E-state index < -0.39 is 17.6 Å². The summed E-state index contributed by atoms with van der Waals surface area (Å²) in [7, 11) is 1.79. The molecule has 6 rings (SSSR count). The monoisotopic (exact) mass is 504 g/mol. The second-order valence-electron chi connectivity index (χ2n) is 14.9. The van der Waals surface area contributed by atoms with E-state index in [0.29, 0.717) is 12.3 Å². The van der Waals surface area contributed by atoms with Gasteiger partial charge in [-0.2, -0.15) is 0 Å². The van der Waals surface area contributed by atoms with Gasteiger partial charge in [-0.15, -0.1) is 0 Å². The van der Waals surface area contributed by atoms with Crippen LogP contribution >= 0.6 is 0 Å². The van der Waals surface area contributed by atoms with Crippen LogP contribution in [0.15, 0.2) is 11.6 Å². The molecule has 1 spiro atoms. The molecule has 0 aromatic heterocycles. The van der Waals surface area contributed by atoms with E-state index in [9.17, 15) is 20.4 Å². The maximum Gasteiger partial charge on any atom is 0.162 e. The third-order valence-electron chi connectivity index (χ3n) is 13.6. The van der Waals surface area contributed by atoms with E-state index in [2.05, 4.69) is 33.8 Å². The molecule has 1 saturated heterocycles. The van der Waals surface area contributed by atoms with E-state index in [1.54, 1.807) is 12.7 Å². The van der Waals surface area contributed by atoms with E-state index in [1.165, 1.54) is 12.8 Å². The Hall–Kier alpha value is -0.500. The molecule has 36 heavy (non-hydrogen) atoms. The summed E-state index contributed by atoms with van der Waals surface area (Å²) >= 11 is 0. The van der Waals surface area contributed by atoms with Gasteiger partial charge in [0.25, 0.3) is 0 Å². The molecule has 6 aliphatic rings. The molecule has 6 nitrogen and oxygen atoms in total. The standard InChI is InChI=1S/C30H48O6/c1-25-10-11-29(15-25)12-18-6-7-20-26(2)13-19(33)23(34)30(16-31,17-32)21(26)8-9-27(20,3)28(18,4)14-22(29)36-24(25)35-5/h6,19-24,31-34H,7-17H2,1-5H3/t19-,20-,21-,22+,23-,24-,25+,26-,27-,28-,29+/m1/s1. The molecule has 6 heteroatoms. The predicted molar refractivity (Wildman–Crippen MR) is 136 cm³/mol. The Bertz CT molecular complexity index is 946. The number of ether oxygens (including phenoxy) is 2. The van der Waals surface area contributed by atoms with Gasteiger partial charge in [0.05, 0.1) is 31.5 Å². The van der Waals surface area contributed by atoms with Crippen molar-refractivity contribution in [2.75, 3.05) is 20.3 Å². The van der Waals surface area contributed by atoms with E-state index in [0.717, 1.165) is 38.5 Å². The Labute approximate surface area is 216 Å². The van der Waals surface area contributed by atoms with Gasteiger partial charge >= 0.3 is 0 Å². The summed E-state index contributed by atoms with van der Waals surface area (Å²) < 4.78 is 12.7. The lowest BCUT2D eigenvalue weighted by molar-refractivity contribution is -0.285. The number of rotatable bonds is 3. The van der Waals surface area contributed by atoms with Crippen molar-refractivity contribution in [2.45, 2.75) is 110 Å². The first-order chi connectivity index (χ1) is 16.9. The molecule has 2 bridgehead atoms. The third-order valence-corrected chi connectivity index (χ3v) is 13.6. The first kappa shape index (κ1) is 25.8. The molecule has 11 atom stereocenters. The highest BCUT2D eigenvalue weighted by Crippen LogP contribution is 2.76. The van der Waals surface area contributed by atoms with Crippen molar-refractivity contribution in [3.63, 3.8) is 0 Å². The molecule has 0 amide bonds. The number of aliphatic hydroxyl groups is 4. The number of fused-ring (bicyclic) bond motifs is 6. The van der Waals surface area contributed by atoms with Gasteiger partial charge in [0.15, 0.2) is 6.29 Å². The SMILES string of the molecule is CO[C@@H]1O[C@H]2C[C@]3(C)C(=CC[C@@H]4[C@@]5(C)C[C@@H](O)[C@@H](O)C(CO)(CO)[C@@H]5CC[C@]43C)C[C@]23CC[C@@]1(C)C3. The van der Waals surface area contributed by atoms with E-state index in [4.69, 9.17) is 9.47 Å². The highest BCUT2D eigenvalue weighted by molar-refractivity contribution is 5.33. The fraction of sp³-hybridized carbons (Fsp3) is 0.933. The minimum Gasteiger partial charge on any atom is -0.396 e. The quantitative estimate of drug-likeness (QED) is 0.437. The van der Waals surface area contributed by atoms with Crippen molar-refractivity contribution in [2.24, 2.45) is 44.3 Å². The van der Waals surface area contributed by atoms with Crippen LogP contribution in [0.3, 0.4) is 0 Å². The lowest BCUT2D eigenvalue weighted by Crippen LogP contribution is -2.69. The summed E-state index contributed by atoms with van der Waals surface area (Å²) in [5.74, 6) is 0.256. The van der Waals surface area contributed by atoms with Crippen LogP contribution in [0.4, 0.5) is 0 Å². The average molecular weight is 505 g/mol. The second-order valence-corrected chi connectivity index (χ2v) is 14.9. The Kier molecular flexibility index (Phi) is 5.57. The Balaban J connectivity index is 1.40. The highest BCUT2D eigenvalue weighted by atomic mass is 16.7. The van der Waals surface area contributed by atoms with Crippen molar-refractivity contribution in [1.29, 1.82) is 0 Å². The molecular weight excluding hydrogens is 456 g/mol. The molecule has 1 aliphatic heterocycles. The van der Waals surface area contributed by atoms with E-state index in [1.807, 2.05) is 0 Å². The van der Waals surface area contributed by atoms with Crippen LogP contribution in [-0.2, 0) is 9.47 Å². The lowest BCUT2D eigenvalue weighted by atomic mass is 9.34. The minimum absolute atomic E-state index is 0.00783. The average Bonchev–Trinajstić information content (AvgIpc) is 3.13. The summed E-state index contributed by atoms with van der Waals surface area (Å²) in [5, 5.41) is 43.0. The van der Waals surface area contributed by atoms with Crippen LogP contribution in [0.25, 0.3) is 0 Å². The zero-order valence-corrected chi connectivity index (χ0v) is 22.9. The van der Waals surface area contributed by atoms with Crippen molar-refractivity contribution in [3.05, 3.63) is 11.6 Å². The Morgan fingerprint density at radius 1 is 1.00 bits per heavy atom. The largest absolute Gasteiger partial charge is 0.396 e. The van der Waals surface area contributed by atoms with Crippen LogP contribution in [-0.4, -0.2) is 65.4 Å². The summed E-state index contributed by atoms with van der Waals surface area (Å²) in [6.45, 7) is 8.93. The van der Waals surface area contributed by atoms with Crippen LogP contribution in [0, 0.1) is 44.3 Å². The molecule has 0 unspecified atom stereocenters. The summed E-state index contributed by atoms with van der Waals surface area (Å²) in [5.41, 5.74) is 0.560.